The van der Waals surface area contributed by atoms with Crippen LogP contribution in [0.25, 0.3) is 0 Å². The van der Waals surface area contributed by atoms with Crippen LogP contribution in [0.1, 0.15) is 11.1 Å². The first-order valence-corrected chi connectivity index (χ1v) is 7.72. The molecule has 130 valence electrons. The van der Waals surface area contributed by atoms with Gasteiger partial charge in [0.2, 0.25) is 0 Å². The molecule has 0 saturated heterocycles. The minimum atomic E-state index is -2.92. The zero-order chi connectivity index (χ0) is 17.6. The van der Waals surface area contributed by atoms with Crippen molar-refractivity contribution in [1.29, 1.82) is 0 Å². The number of alkyl halides is 2. The second kappa shape index (κ2) is 7.74. The number of amides is 1. The number of anilines is 1. The van der Waals surface area contributed by atoms with Crippen LogP contribution in [0.3, 0.4) is 0 Å². The average Bonchev–Trinajstić information content (AvgIpc) is 3.03. The second-order valence-electron chi connectivity index (χ2n) is 5.35. The summed E-state index contributed by atoms with van der Waals surface area (Å²) in [4.78, 5) is 18.9. The number of benzene rings is 2. The van der Waals surface area contributed by atoms with Gasteiger partial charge in [0.05, 0.1) is 6.21 Å². The van der Waals surface area contributed by atoms with Crippen LogP contribution < -0.4 is 9.64 Å². The first kappa shape index (κ1) is 16.9. The summed E-state index contributed by atoms with van der Waals surface area (Å²) in [7, 11) is 0. The van der Waals surface area contributed by atoms with Crippen molar-refractivity contribution >= 4 is 17.8 Å². The summed E-state index contributed by atoms with van der Waals surface area (Å²) in [6, 6.07) is 13.9. The van der Waals surface area contributed by atoms with Gasteiger partial charge in [0.1, 0.15) is 5.75 Å². The van der Waals surface area contributed by atoms with Crippen molar-refractivity contribution in [3.8, 4) is 5.75 Å². The number of carbonyl (C=O) groups is 1. The van der Waals surface area contributed by atoms with Crippen LogP contribution in [-0.2, 0) is 16.1 Å². The lowest BCUT2D eigenvalue weighted by Gasteiger charge is -2.16. The average molecular weight is 346 g/mol. The maximum Gasteiger partial charge on any atom is 0.387 e. The molecule has 0 saturated carbocycles. The van der Waals surface area contributed by atoms with E-state index in [4.69, 9.17) is 4.84 Å². The zero-order valence-electron chi connectivity index (χ0n) is 13.3. The standard InChI is InChI=1S/C18H16F2N2O3/c19-18(20)25-16-8-4-2-6-14(16)11-21-24-12-17(23)22-10-9-13-5-1-3-7-15(13)22/h1-8,11,18H,9-10,12H2/b21-11+. The minimum absolute atomic E-state index is 0.00959. The molecule has 1 aliphatic heterocycles. The minimum Gasteiger partial charge on any atom is -0.434 e. The number of hydrogen-bond acceptors (Lipinski definition) is 4. The maximum atomic E-state index is 12.3. The van der Waals surface area contributed by atoms with E-state index in [1.54, 1.807) is 23.1 Å². The van der Waals surface area contributed by atoms with Crippen molar-refractivity contribution in [3.63, 3.8) is 0 Å². The summed E-state index contributed by atoms with van der Waals surface area (Å²) in [5.41, 5.74) is 2.34. The molecule has 0 radical (unpaired) electrons. The van der Waals surface area contributed by atoms with Gasteiger partial charge in [-0.05, 0) is 30.2 Å². The second-order valence-corrected chi connectivity index (χ2v) is 5.35. The van der Waals surface area contributed by atoms with Gasteiger partial charge in [-0.2, -0.15) is 8.78 Å². The summed E-state index contributed by atoms with van der Waals surface area (Å²) in [6.45, 7) is -2.55. The van der Waals surface area contributed by atoms with Crippen LogP contribution >= 0.6 is 0 Å². The summed E-state index contributed by atoms with van der Waals surface area (Å²) in [5.74, 6) is -0.219. The van der Waals surface area contributed by atoms with Gasteiger partial charge in [-0.3, -0.25) is 4.79 Å². The molecule has 25 heavy (non-hydrogen) atoms. The fraction of sp³-hybridized carbons (Fsp3) is 0.222. The number of rotatable bonds is 6. The quantitative estimate of drug-likeness (QED) is 0.596. The van der Waals surface area contributed by atoms with Gasteiger partial charge >= 0.3 is 6.61 Å². The molecular formula is C18H16F2N2O3. The smallest absolute Gasteiger partial charge is 0.387 e. The molecule has 7 heteroatoms. The Labute approximate surface area is 143 Å². The van der Waals surface area contributed by atoms with Gasteiger partial charge in [-0.1, -0.05) is 35.5 Å². The predicted octanol–water partition coefficient (Wildman–Crippen LogP) is 3.23. The first-order valence-electron chi connectivity index (χ1n) is 7.72. The Hall–Kier alpha value is -2.96. The third kappa shape index (κ3) is 4.12. The van der Waals surface area contributed by atoms with Gasteiger partial charge < -0.3 is 14.5 Å². The summed E-state index contributed by atoms with van der Waals surface area (Å²) >= 11 is 0. The first-order chi connectivity index (χ1) is 12.1. The van der Waals surface area contributed by atoms with Crippen LogP contribution in [0.2, 0.25) is 0 Å². The van der Waals surface area contributed by atoms with Crippen LogP contribution in [0.15, 0.2) is 53.7 Å². The third-order valence-electron chi connectivity index (χ3n) is 3.78. The Morgan fingerprint density at radius 3 is 2.80 bits per heavy atom. The molecule has 0 unspecified atom stereocenters. The molecule has 0 aromatic heterocycles. The Morgan fingerprint density at radius 2 is 1.96 bits per heavy atom. The summed E-state index contributed by atoms with van der Waals surface area (Å²) in [5, 5.41) is 3.68. The largest absolute Gasteiger partial charge is 0.434 e. The highest BCUT2D eigenvalue weighted by Gasteiger charge is 2.24. The number of ether oxygens (including phenoxy) is 1. The number of hydrogen-bond donors (Lipinski definition) is 0. The predicted molar refractivity (Wildman–Crippen MR) is 89.1 cm³/mol. The Bertz CT molecular complexity index is 780. The molecular weight excluding hydrogens is 330 g/mol. The molecule has 0 atom stereocenters. The zero-order valence-corrected chi connectivity index (χ0v) is 13.3. The van der Waals surface area contributed by atoms with E-state index in [9.17, 15) is 13.6 Å². The topological polar surface area (TPSA) is 51.1 Å². The van der Waals surface area contributed by atoms with E-state index in [0.29, 0.717) is 12.1 Å². The Morgan fingerprint density at radius 1 is 1.20 bits per heavy atom. The molecule has 2 aromatic rings. The number of para-hydroxylation sites is 2. The number of nitrogens with zero attached hydrogens (tertiary/aromatic N) is 2. The van der Waals surface area contributed by atoms with E-state index in [2.05, 4.69) is 9.89 Å². The number of halogens is 2. The van der Waals surface area contributed by atoms with Crippen molar-refractivity contribution in [3.05, 3.63) is 59.7 Å². The van der Waals surface area contributed by atoms with Gasteiger partial charge in [-0.15, -0.1) is 0 Å². The van der Waals surface area contributed by atoms with Crippen LogP contribution in [-0.4, -0.2) is 31.9 Å². The van der Waals surface area contributed by atoms with Crippen molar-refractivity contribution in [1.82, 2.24) is 0 Å². The van der Waals surface area contributed by atoms with Crippen LogP contribution in [0.5, 0.6) is 5.75 Å². The lowest BCUT2D eigenvalue weighted by Crippen LogP contribution is -2.31. The van der Waals surface area contributed by atoms with Crippen LogP contribution in [0.4, 0.5) is 14.5 Å². The lowest BCUT2D eigenvalue weighted by atomic mass is 10.2. The molecule has 0 aliphatic carbocycles. The molecule has 3 rings (SSSR count). The highest BCUT2D eigenvalue weighted by atomic mass is 19.3. The van der Waals surface area contributed by atoms with E-state index >= 15 is 0 Å². The monoisotopic (exact) mass is 346 g/mol. The van der Waals surface area contributed by atoms with E-state index in [1.165, 1.54) is 12.3 Å². The van der Waals surface area contributed by atoms with Gasteiger partial charge in [0.25, 0.3) is 5.91 Å². The van der Waals surface area contributed by atoms with Gasteiger partial charge in [-0.25, -0.2) is 0 Å². The number of oxime groups is 1. The van der Waals surface area contributed by atoms with E-state index in [1.807, 2.05) is 24.3 Å². The fourth-order valence-electron chi connectivity index (χ4n) is 2.65. The molecule has 1 heterocycles. The molecule has 0 N–H and O–H groups in total. The van der Waals surface area contributed by atoms with Crippen molar-refractivity contribution in [2.45, 2.75) is 13.0 Å². The van der Waals surface area contributed by atoms with Crippen LogP contribution in [0, 0.1) is 0 Å². The summed E-state index contributed by atoms with van der Waals surface area (Å²) < 4.78 is 29.1. The SMILES string of the molecule is O=C(CO/N=C/c1ccccc1OC(F)F)N1CCc2ccccc21. The van der Waals surface area contributed by atoms with Gasteiger partial charge in [0, 0.05) is 17.8 Å². The number of carbonyl (C=O) groups excluding carboxylic acids is 1. The fourth-order valence-corrected chi connectivity index (χ4v) is 2.65. The molecule has 2 aromatic carbocycles. The van der Waals surface area contributed by atoms with E-state index < -0.39 is 6.61 Å². The molecule has 5 nitrogen and oxygen atoms in total. The van der Waals surface area contributed by atoms with Crippen molar-refractivity contribution in [2.24, 2.45) is 5.16 Å². The molecule has 1 amide bonds. The summed E-state index contributed by atoms with van der Waals surface area (Å²) in [6.07, 6.45) is 2.05. The molecule has 0 fully saturated rings. The van der Waals surface area contributed by atoms with Crippen molar-refractivity contribution < 1.29 is 23.1 Å². The Balaban J connectivity index is 1.57. The van der Waals surface area contributed by atoms with Gasteiger partial charge in [0.15, 0.2) is 6.61 Å². The normalized spacial score (nSPS) is 13.3. The molecule has 0 spiro atoms. The van der Waals surface area contributed by atoms with E-state index in [-0.39, 0.29) is 18.3 Å². The Kier molecular flexibility index (Phi) is 5.23. The van der Waals surface area contributed by atoms with E-state index in [0.717, 1.165) is 17.7 Å². The highest BCUT2D eigenvalue weighted by Crippen LogP contribution is 2.27. The third-order valence-corrected chi connectivity index (χ3v) is 3.78. The highest BCUT2D eigenvalue weighted by molar-refractivity contribution is 5.96. The van der Waals surface area contributed by atoms with Crippen molar-refractivity contribution in [2.75, 3.05) is 18.1 Å². The lowest BCUT2D eigenvalue weighted by molar-refractivity contribution is -0.122. The number of fused-ring (bicyclic) bond motifs is 1. The molecule has 0 bridgehead atoms. The molecule has 1 aliphatic rings. The maximum absolute atomic E-state index is 12.3.